The molecule has 4 aromatic rings. The number of para-hydroxylation sites is 2. The minimum atomic E-state index is -1.15. The van der Waals surface area contributed by atoms with Gasteiger partial charge in [0.1, 0.15) is 11.5 Å². The Morgan fingerprint density at radius 1 is 1.19 bits per heavy atom. The number of rotatable bonds is 5. The number of hydrogen-bond donors (Lipinski definition) is 3. The normalized spacial score (nSPS) is 12.3. The molecular formula is C19H15FN4O3. The molecule has 0 aliphatic carbocycles. The molecule has 27 heavy (non-hydrogen) atoms. The molecule has 0 radical (unpaired) electrons. The molecule has 1 amide bonds. The Bertz CT molecular complexity index is 1160. The van der Waals surface area contributed by atoms with Crippen molar-refractivity contribution < 1.29 is 19.1 Å². The van der Waals surface area contributed by atoms with Gasteiger partial charge in [-0.3, -0.25) is 9.59 Å². The number of fused-ring (bicyclic) bond motifs is 3. The van der Waals surface area contributed by atoms with E-state index in [2.05, 4.69) is 15.4 Å². The number of hydrogen-bond acceptors (Lipinski definition) is 3. The highest BCUT2D eigenvalue weighted by Gasteiger charge is 2.23. The maximum absolute atomic E-state index is 14.1. The molecule has 2 aromatic heterocycles. The van der Waals surface area contributed by atoms with Crippen molar-refractivity contribution in [3.05, 3.63) is 71.7 Å². The van der Waals surface area contributed by atoms with Crippen molar-refractivity contribution in [3.8, 4) is 0 Å². The zero-order valence-corrected chi connectivity index (χ0v) is 14.0. The summed E-state index contributed by atoms with van der Waals surface area (Å²) in [5.41, 5.74) is 2.54. The van der Waals surface area contributed by atoms with Gasteiger partial charge in [0.05, 0.1) is 23.5 Å². The van der Waals surface area contributed by atoms with Gasteiger partial charge >= 0.3 is 5.97 Å². The number of carboxylic acids is 1. The van der Waals surface area contributed by atoms with Crippen LogP contribution in [0.1, 0.15) is 28.5 Å². The highest BCUT2D eigenvalue weighted by molar-refractivity contribution is 5.95. The molecule has 0 fully saturated rings. The standard InChI is InChI=1S/C19H15FN4O3/c20-12-6-2-1-5-11(12)14(10-18(25)26)22-19(27)15-9-17-21-13-7-3-4-8-16(13)24(17)23-15/h1-9,14,21H,10H2,(H,22,27)(H,25,26). The number of amides is 1. The number of nitrogens with one attached hydrogen (secondary N) is 2. The molecule has 0 saturated carbocycles. The van der Waals surface area contributed by atoms with Crippen LogP contribution in [-0.4, -0.2) is 31.6 Å². The number of imidazole rings is 1. The fraction of sp³-hybridized carbons (Fsp3) is 0.105. The fourth-order valence-corrected chi connectivity index (χ4v) is 3.07. The average Bonchev–Trinajstić information content (AvgIpc) is 3.19. The van der Waals surface area contributed by atoms with E-state index in [0.717, 1.165) is 11.0 Å². The summed E-state index contributed by atoms with van der Waals surface area (Å²) < 4.78 is 15.7. The first-order valence-corrected chi connectivity index (χ1v) is 8.26. The van der Waals surface area contributed by atoms with Crippen LogP contribution < -0.4 is 5.32 Å². The summed E-state index contributed by atoms with van der Waals surface area (Å²) in [7, 11) is 0. The van der Waals surface area contributed by atoms with Crippen molar-refractivity contribution in [2.45, 2.75) is 12.5 Å². The Labute approximate surface area is 152 Å². The van der Waals surface area contributed by atoms with E-state index in [9.17, 15) is 14.0 Å². The number of halogens is 1. The molecule has 2 aromatic carbocycles. The van der Waals surface area contributed by atoms with E-state index in [1.807, 2.05) is 24.3 Å². The summed E-state index contributed by atoms with van der Waals surface area (Å²) in [6, 6.07) is 13.8. The molecule has 0 bridgehead atoms. The zero-order chi connectivity index (χ0) is 19.0. The third kappa shape index (κ3) is 3.12. The predicted molar refractivity (Wildman–Crippen MR) is 95.9 cm³/mol. The molecule has 0 aliphatic heterocycles. The van der Waals surface area contributed by atoms with E-state index in [1.165, 1.54) is 18.2 Å². The molecule has 0 saturated heterocycles. The second-order valence-corrected chi connectivity index (χ2v) is 6.11. The van der Waals surface area contributed by atoms with Gasteiger partial charge in [0.25, 0.3) is 5.91 Å². The Morgan fingerprint density at radius 3 is 2.70 bits per heavy atom. The lowest BCUT2D eigenvalue weighted by Crippen LogP contribution is -2.31. The molecule has 7 nitrogen and oxygen atoms in total. The van der Waals surface area contributed by atoms with Crippen molar-refractivity contribution in [1.82, 2.24) is 19.9 Å². The largest absolute Gasteiger partial charge is 0.481 e. The van der Waals surface area contributed by atoms with Crippen molar-refractivity contribution in [1.29, 1.82) is 0 Å². The highest BCUT2D eigenvalue weighted by atomic mass is 19.1. The monoisotopic (exact) mass is 366 g/mol. The van der Waals surface area contributed by atoms with Gasteiger partial charge in [-0.15, -0.1) is 0 Å². The summed E-state index contributed by atoms with van der Waals surface area (Å²) in [6.07, 6.45) is -0.443. The number of benzene rings is 2. The zero-order valence-electron chi connectivity index (χ0n) is 14.0. The van der Waals surface area contributed by atoms with Crippen LogP contribution in [0.2, 0.25) is 0 Å². The summed E-state index contributed by atoms with van der Waals surface area (Å²) >= 11 is 0. The van der Waals surface area contributed by atoms with Gasteiger partial charge in [-0.1, -0.05) is 30.3 Å². The number of carbonyl (C=O) groups excluding carboxylic acids is 1. The maximum Gasteiger partial charge on any atom is 0.305 e. The Hall–Kier alpha value is -3.68. The van der Waals surface area contributed by atoms with Crippen LogP contribution in [0.4, 0.5) is 4.39 Å². The van der Waals surface area contributed by atoms with E-state index < -0.39 is 30.2 Å². The quantitative estimate of drug-likeness (QED) is 0.506. The summed E-state index contributed by atoms with van der Waals surface area (Å²) in [5.74, 6) is -2.30. The molecule has 1 unspecified atom stereocenters. The summed E-state index contributed by atoms with van der Waals surface area (Å²) in [6.45, 7) is 0. The smallest absolute Gasteiger partial charge is 0.305 e. The van der Waals surface area contributed by atoms with Gasteiger partial charge in [-0.05, 0) is 18.2 Å². The number of aliphatic carboxylic acids is 1. The lowest BCUT2D eigenvalue weighted by Gasteiger charge is -2.17. The van der Waals surface area contributed by atoms with Gasteiger partial charge in [-0.25, -0.2) is 8.91 Å². The molecule has 0 spiro atoms. The predicted octanol–water partition coefficient (Wildman–Crippen LogP) is 2.90. The van der Waals surface area contributed by atoms with Crippen molar-refractivity contribution in [2.75, 3.05) is 0 Å². The Kier molecular flexibility index (Phi) is 4.08. The third-order valence-corrected chi connectivity index (χ3v) is 4.30. The highest BCUT2D eigenvalue weighted by Crippen LogP contribution is 2.21. The van der Waals surface area contributed by atoms with Crippen LogP contribution in [0.15, 0.2) is 54.6 Å². The average molecular weight is 366 g/mol. The molecule has 2 heterocycles. The van der Waals surface area contributed by atoms with Gasteiger partial charge in [-0.2, -0.15) is 5.10 Å². The van der Waals surface area contributed by atoms with Crippen LogP contribution in [0.5, 0.6) is 0 Å². The fourth-order valence-electron chi connectivity index (χ4n) is 3.07. The van der Waals surface area contributed by atoms with Gasteiger partial charge in [0, 0.05) is 11.6 Å². The van der Waals surface area contributed by atoms with Gasteiger partial charge in [0.15, 0.2) is 5.69 Å². The number of carboxylic acid groups (broad SMARTS) is 1. The lowest BCUT2D eigenvalue weighted by molar-refractivity contribution is -0.137. The number of H-pyrrole nitrogens is 1. The first kappa shape index (κ1) is 16.8. The second kappa shape index (κ2) is 6.56. The van der Waals surface area contributed by atoms with Crippen LogP contribution in [0, 0.1) is 5.82 Å². The first-order valence-electron chi connectivity index (χ1n) is 8.26. The second-order valence-electron chi connectivity index (χ2n) is 6.11. The van der Waals surface area contributed by atoms with Crippen molar-refractivity contribution >= 4 is 28.6 Å². The maximum atomic E-state index is 14.1. The number of aromatic amines is 1. The van der Waals surface area contributed by atoms with Crippen LogP contribution in [0.3, 0.4) is 0 Å². The minimum absolute atomic E-state index is 0.110. The Morgan fingerprint density at radius 2 is 1.93 bits per heavy atom. The molecule has 136 valence electrons. The number of carbonyl (C=O) groups is 2. The number of nitrogens with zero attached hydrogens (tertiary/aromatic N) is 2. The van der Waals surface area contributed by atoms with E-state index in [-0.39, 0.29) is 11.3 Å². The molecule has 4 rings (SSSR count). The third-order valence-electron chi connectivity index (χ3n) is 4.30. The summed E-state index contributed by atoms with van der Waals surface area (Å²) in [5, 5.41) is 16.0. The van der Waals surface area contributed by atoms with Gasteiger partial charge < -0.3 is 15.4 Å². The van der Waals surface area contributed by atoms with Crippen LogP contribution in [-0.2, 0) is 4.79 Å². The van der Waals surface area contributed by atoms with Gasteiger partial charge in [0.2, 0.25) is 0 Å². The van der Waals surface area contributed by atoms with Crippen LogP contribution >= 0.6 is 0 Å². The molecule has 1 atom stereocenters. The SMILES string of the molecule is O=C(O)CC(NC(=O)c1cc2[nH]c3ccccc3n2n1)c1ccccc1F. The molecule has 8 heteroatoms. The number of aromatic nitrogens is 3. The van der Waals surface area contributed by atoms with Crippen molar-refractivity contribution in [2.24, 2.45) is 0 Å². The molecular weight excluding hydrogens is 351 g/mol. The van der Waals surface area contributed by atoms with E-state index >= 15 is 0 Å². The van der Waals surface area contributed by atoms with E-state index in [1.54, 1.807) is 16.6 Å². The van der Waals surface area contributed by atoms with E-state index in [4.69, 9.17) is 5.11 Å². The lowest BCUT2D eigenvalue weighted by atomic mass is 10.0. The topological polar surface area (TPSA) is 99.5 Å². The Balaban J connectivity index is 1.65. The minimum Gasteiger partial charge on any atom is -0.481 e. The molecule has 0 aliphatic rings. The van der Waals surface area contributed by atoms with Crippen LogP contribution in [0.25, 0.3) is 16.7 Å². The van der Waals surface area contributed by atoms with E-state index in [0.29, 0.717) is 5.65 Å². The summed E-state index contributed by atoms with van der Waals surface area (Å²) in [4.78, 5) is 26.9. The molecule has 3 N–H and O–H groups in total. The van der Waals surface area contributed by atoms with Crippen molar-refractivity contribution in [3.63, 3.8) is 0 Å². The first-order chi connectivity index (χ1) is 13.0.